The van der Waals surface area contributed by atoms with Crippen LogP contribution in [0, 0.1) is 13.8 Å². The Kier molecular flexibility index (Phi) is 4.94. The Morgan fingerprint density at radius 3 is 2.52 bits per heavy atom. The highest BCUT2D eigenvalue weighted by Crippen LogP contribution is 2.30. The molecule has 2 aliphatic heterocycles. The minimum atomic E-state index is -0.828. The SMILES string of the molecule is Cc1ccc(N2C(=O)CC(NNC(=O)c3ccc4c(c3)OCCO4)C2=O)cc1C. The quantitative estimate of drug-likeness (QED) is 0.604. The number of fused-ring (bicyclic) bond motifs is 1. The molecule has 8 heteroatoms. The van der Waals surface area contributed by atoms with E-state index >= 15 is 0 Å². The number of benzene rings is 2. The van der Waals surface area contributed by atoms with Gasteiger partial charge in [-0.15, -0.1) is 0 Å². The molecule has 150 valence electrons. The number of hydrazine groups is 1. The van der Waals surface area contributed by atoms with Gasteiger partial charge in [-0.25, -0.2) is 10.3 Å². The van der Waals surface area contributed by atoms with Gasteiger partial charge >= 0.3 is 0 Å². The lowest BCUT2D eigenvalue weighted by Crippen LogP contribution is -2.48. The Hall–Kier alpha value is -3.39. The van der Waals surface area contributed by atoms with Gasteiger partial charge in [-0.3, -0.25) is 19.8 Å². The predicted molar refractivity (Wildman–Crippen MR) is 105 cm³/mol. The van der Waals surface area contributed by atoms with Crippen molar-refractivity contribution < 1.29 is 23.9 Å². The molecule has 0 saturated carbocycles. The van der Waals surface area contributed by atoms with Crippen molar-refractivity contribution >= 4 is 23.4 Å². The molecule has 2 aromatic rings. The molecule has 0 spiro atoms. The van der Waals surface area contributed by atoms with Crippen molar-refractivity contribution in [3.05, 3.63) is 53.1 Å². The second-order valence-corrected chi connectivity index (χ2v) is 7.05. The van der Waals surface area contributed by atoms with Crippen LogP contribution in [0.25, 0.3) is 0 Å². The van der Waals surface area contributed by atoms with Crippen molar-refractivity contribution in [2.24, 2.45) is 0 Å². The zero-order valence-corrected chi connectivity index (χ0v) is 16.2. The summed E-state index contributed by atoms with van der Waals surface area (Å²) in [7, 11) is 0. The minimum absolute atomic E-state index is 0.0345. The van der Waals surface area contributed by atoms with Crippen molar-refractivity contribution in [3.8, 4) is 11.5 Å². The van der Waals surface area contributed by atoms with Crippen LogP contribution in [-0.4, -0.2) is 37.0 Å². The second kappa shape index (κ2) is 7.56. The molecule has 2 heterocycles. The normalized spacial score (nSPS) is 18.1. The highest BCUT2D eigenvalue weighted by Gasteiger charge is 2.39. The number of carbonyl (C=O) groups excluding carboxylic acids is 3. The van der Waals surface area contributed by atoms with E-state index in [4.69, 9.17) is 9.47 Å². The number of hydrogen-bond acceptors (Lipinski definition) is 6. The number of rotatable bonds is 4. The lowest BCUT2D eigenvalue weighted by molar-refractivity contribution is -0.121. The number of imide groups is 1. The van der Waals surface area contributed by atoms with E-state index < -0.39 is 17.9 Å². The zero-order chi connectivity index (χ0) is 20.5. The summed E-state index contributed by atoms with van der Waals surface area (Å²) < 4.78 is 10.9. The first kappa shape index (κ1) is 18.9. The predicted octanol–water partition coefficient (Wildman–Crippen LogP) is 1.64. The molecule has 4 rings (SSSR count). The summed E-state index contributed by atoms with van der Waals surface area (Å²) in [6.07, 6.45) is -0.0345. The van der Waals surface area contributed by atoms with Crippen LogP contribution in [0.3, 0.4) is 0 Å². The van der Waals surface area contributed by atoms with Gasteiger partial charge in [0.2, 0.25) is 5.91 Å². The van der Waals surface area contributed by atoms with Crippen LogP contribution in [0.5, 0.6) is 11.5 Å². The lowest BCUT2D eigenvalue weighted by atomic mass is 10.1. The summed E-state index contributed by atoms with van der Waals surface area (Å²) in [6.45, 7) is 4.77. The molecule has 0 aliphatic carbocycles. The Bertz CT molecular complexity index is 1000. The van der Waals surface area contributed by atoms with Gasteiger partial charge in [-0.1, -0.05) is 6.07 Å². The summed E-state index contributed by atoms with van der Waals surface area (Å²) in [5.41, 5.74) is 8.14. The number of amides is 3. The summed E-state index contributed by atoms with van der Waals surface area (Å²) in [5.74, 6) is -0.0739. The Balaban J connectivity index is 1.42. The zero-order valence-electron chi connectivity index (χ0n) is 16.2. The van der Waals surface area contributed by atoms with Crippen LogP contribution in [0.4, 0.5) is 5.69 Å². The van der Waals surface area contributed by atoms with Gasteiger partial charge < -0.3 is 9.47 Å². The van der Waals surface area contributed by atoms with E-state index in [1.165, 1.54) is 0 Å². The van der Waals surface area contributed by atoms with E-state index in [9.17, 15) is 14.4 Å². The fourth-order valence-corrected chi connectivity index (χ4v) is 3.29. The van der Waals surface area contributed by atoms with Crippen LogP contribution in [-0.2, 0) is 9.59 Å². The van der Waals surface area contributed by atoms with Crippen molar-refractivity contribution in [2.75, 3.05) is 18.1 Å². The molecule has 29 heavy (non-hydrogen) atoms. The average Bonchev–Trinajstić information content (AvgIpc) is 3.01. The van der Waals surface area contributed by atoms with E-state index in [2.05, 4.69) is 10.9 Å². The average molecular weight is 395 g/mol. The Morgan fingerprint density at radius 2 is 1.76 bits per heavy atom. The molecule has 2 aliphatic rings. The van der Waals surface area contributed by atoms with Crippen LogP contribution >= 0.6 is 0 Å². The molecule has 1 atom stereocenters. The Labute approximate surface area is 167 Å². The summed E-state index contributed by atoms with van der Waals surface area (Å²) in [4.78, 5) is 38.7. The number of hydrogen-bond donors (Lipinski definition) is 2. The van der Waals surface area contributed by atoms with Gasteiger partial charge in [-0.05, 0) is 55.3 Å². The largest absolute Gasteiger partial charge is 0.486 e. The third-order valence-electron chi connectivity index (χ3n) is 5.06. The van der Waals surface area contributed by atoms with E-state index in [0.717, 1.165) is 16.0 Å². The second-order valence-electron chi connectivity index (χ2n) is 7.05. The van der Waals surface area contributed by atoms with Gasteiger partial charge in [0.1, 0.15) is 19.3 Å². The first-order valence-electron chi connectivity index (χ1n) is 9.33. The first-order chi connectivity index (χ1) is 13.9. The lowest BCUT2D eigenvalue weighted by Gasteiger charge is -2.19. The molecule has 8 nitrogen and oxygen atoms in total. The maximum atomic E-state index is 12.7. The number of nitrogens with one attached hydrogen (secondary N) is 2. The highest BCUT2D eigenvalue weighted by atomic mass is 16.6. The molecular weight excluding hydrogens is 374 g/mol. The van der Waals surface area contributed by atoms with Crippen LogP contribution < -0.4 is 25.2 Å². The van der Waals surface area contributed by atoms with Gasteiger partial charge in [0.05, 0.1) is 12.1 Å². The van der Waals surface area contributed by atoms with E-state index in [1.54, 1.807) is 30.3 Å². The molecular formula is C21H21N3O5. The molecule has 2 N–H and O–H groups in total. The van der Waals surface area contributed by atoms with Crippen LogP contribution in [0.1, 0.15) is 27.9 Å². The fraction of sp³-hybridized carbons (Fsp3) is 0.286. The van der Waals surface area contributed by atoms with Gasteiger partial charge in [0.25, 0.3) is 11.8 Å². The van der Waals surface area contributed by atoms with Crippen LogP contribution in [0.2, 0.25) is 0 Å². The monoisotopic (exact) mass is 395 g/mol. The molecule has 1 saturated heterocycles. The van der Waals surface area contributed by atoms with E-state index in [-0.39, 0.29) is 12.3 Å². The summed E-state index contributed by atoms with van der Waals surface area (Å²) in [5, 5.41) is 0. The number of ether oxygens (including phenoxy) is 2. The number of anilines is 1. The van der Waals surface area contributed by atoms with E-state index in [0.29, 0.717) is 36.0 Å². The number of nitrogens with zero attached hydrogens (tertiary/aromatic N) is 1. The van der Waals surface area contributed by atoms with Crippen LogP contribution in [0.15, 0.2) is 36.4 Å². The molecule has 1 unspecified atom stereocenters. The molecule has 0 bridgehead atoms. The maximum Gasteiger partial charge on any atom is 0.265 e. The summed E-state index contributed by atoms with van der Waals surface area (Å²) >= 11 is 0. The third kappa shape index (κ3) is 3.66. The van der Waals surface area contributed by atoms with Crippen molar-refractivity contribution in [1.82, 2.24) is 10.9 Å². The fourth-order valence-electron chi connectivity index (χ4n) is 3.29. The van der Waals surface area contributed by atoms with Crippen molar-refractivity contribution in [2.45, 2.75) is 26.3 Å². The molecule has 2 aromatic carbocycles. The minimum Gasteiger partial charge on any atom is -0.486 e. The van der Waals surface area contributed by atoms with Gasteiger partial charge in [0, 0.05) is 5.56 Å². The topological polar surface area (TPSA) is 97.0 Å². The molecule has 3 amide bonds. The van der Waals surface area contributed by atoms with E-state index in [1.807, 2.05) is 19.9 Å². The molecule has 1 fully saturated rings. The van der Waals surface area contributed by atoms with Crippen molar-refractivity contribution in [3.63, 3.8) is 0 Å². The molecule has 0 radical (unpaired) electrons. The van der Waals surface area contributed by atoms with Gasteiger partial charge in [0.15, 0.2) is 11.5 Å². The highest BCUT2D eigenvalue weighted by molar-refractivity contribution is 6.22. The number of carbonyl (C=O) groups is 3. The number of aryl methyl sites for hydroxylation is 2. The summed E-state index contributed by atoms with van der Waals surface area (Å²) in [6, 6.07) is 9.44. The maximum absolute atomic E-state index is 12.7. The first-order valence-corrected chi connectivity index (χ1v) is 9.33. The smallest absolute Gasteiger partial charge is 0.265 e. The Morgan fingerprint density at radius 1 is 1.00 bits per heavy atom. The standard InChI is InChI=1S/C21H21N3O5/c1-12-3-5-15(9-13(12)2)24-19(25)11-16(21(24)27)22-23-20(26)14-4-6-17-18(10-14)29-8-7-28-17/h3-6,9-10,16,22H,7-8,11H2,1-2H3,(H,23,26). The third-order valence-corrected chi connectivity index (χ3v) is 5.06. The molecule has 0 aromatic heterocycles. The van der Waals surface area contributed by atoms with Crippen molar-refractivity contribution in [1.29, 1.82) is 0 Å². The van der Waals surface area contributed by atoms with Gasteiger partial charge in [-0.2, -0.15) is 0 Å².